The number of hydrogen-bond donors (Lipinski definition) is 1. The fraction of sp³-hybridized carbons (Fsp3) is 0.588. The first-order chi connectivity index (χ1) is 11.2. The molecular formula is C17H26ClN3O2. The third-order valence-corrected chi connectivity index (χ3v) is 4.21. The summed E-state index contributed by atoms with van der Waals surface area (Å²) in [7, 11) is 1.67. The summed E-state index contributed by atoms with van der Waals surface area (Å²) in [5, 5.41) is 3.72. The maximum Gasteiger partial charge on any atom is 0.234 e. The second-order valence-corrected chi connectivity index (χ2v) is 6.31. The molecule has 1 fully saturated rings. The van der Waals surface area contributed by atoms with Crippen molar-refractivity contribution in [2.24, 2.45) is 0 Å². The lowest BCUT2D eigenvalue weighted by atomic mass is 10.2. The molecule has 0 radical (unpaired) electrons. The van der Waals surface area contributed by atoms with Gasteiger partial charge in [-0.1, -0.05) is 23.7 Å². The number of amides is 1. The van der Waals surface area contributed by atoms with Crippen LogP contribution in [0.5, 0.6) is 0 Å². The van der Waals surface area contributed by atoms with Gasteiger partial charge < -0.3 is 10.1 Å². The third kappa shape index (κ3) is 6.87. The Labute approximate surface area is 143 Å². The molecule has 5 nitrogen and oxygen atoms in total. The van der Waals surface area contributed by atoms with E-state index in [0.717, 1.165) is 44.2 Å². The molecule has 1 aromatic rings. The molecule has 1 aliphatic rings. The van der Waals surface area contributed by atoms with Crippen LogP contribution in [-0.2, 0) is 16.1 Å². The highest BCUT2D eigenvalue weighted by Gasteiger charge is 2.18. The molecule has 128 valence electrons. The van der Waals surface area contributed by atoms with Crippen molar-refractivity contribution >= 4 is 17.5 Å². The summed E-state index contributed by atoms with van der Waals surface area (Å²) in [4.78, 5) is 16.5. The molecule has 1 aliphatic heterocycles. The Morgan fingerprint density at radius 3 is 2.70 bits per heavy atom. The molecule has 0 saturated carbocycles. The molecular weight excluding hydrogens is 314 g/mol. The lowest BCUT2D eigenvalue weighted by Gasteiger charge is -2.34. The fourth-order valence-electron chi connectivity index (χ4n) is 2.70. The molecule has 1 amide bonds. The first-order valence-corrected chi connectivity index (χ1v) is 8.50. The summed E-state index contributed by atoms with van der Waals surface area (Å²) in [6.07, 6.45) is 0.857. The third-order valence-electron chi connectivity index (χ3n) is 3.97. The second kappa shape index (κ2) is 9.88. The number of benzene rings is 1. The summed E-state index contributed by atoms with van der Waals surface area (Å²) in [6, 6.07) is 8.00. The van der Waals surface area contributed by atoms with Gasteiger partial charge in [0.25, 0.3) is 0 Å². The van der Waals surface area contributed by atoms with Crippen LogP contribution in [0.25, 0.3) is 0 Å². The average Bonchev–Trinajstić information content (AvgIpc) is 2.54. The number of carbonyl (C=O) groups is 1. The van der Waals surface area contributed by atoms with E-state index >= 15 is 0 Å². The number of rotatable bonds is 8. The van der Waals surface area contributed by atoms with Crippen LogP contribution >= 0.6 is 11.6 Å². The number of piperazine rings is 1. The second-order valence-electron chi connectivity index (χ2n) is 5.88. The number of ether oxygens (including phenoxy) is 1. The van der Waals surface area contributed by atoms with Gasteiger partial charge in [-0.2, -0.15) is 0 Å². The summed E-state index contributed by atoms with van der Waals surface area (Å²) >= 11 is 6.03. The van der Waals surface area contributed by atoms with E-state index in [2.05, 4.69) is 21.2 Å². The number of hydrogen-bond acceptors (Lipinski definition) is 4. The van der Waals surface area contributed by atoms with E-state index in [0.29, 0.717) is 19.7 Å². The van der Waals surface area contributed by atoms with Crippen molar-refractivity contribution in [2.75, 3.05) is 53.0 Å². The maximum absolute atomic E-state index is 11.9. The molecule has 2 rings (SSSR count). The smallest absolute Gasteiger partial charge is 0.234 e. The van der Waals surface area contributed by atoms with Gasteiger partial charge in [0.2, 0.25) is 5.91 Å². The van der Waals surface area contributed by atoms with E-state index in [1.54, 1.807) is 7.11 Å². The molecule has 1 heterocycles. The molecule has 0 unspecified atom stereocenters. The number of nitrogens with zero attached hydrogens (tertiary/aromatic N) is 2. The van der Waals surface area contributed by atoms with Gasteiger partial charge in [-0.3, -0.25) is 14.6 Å². The van der Waals surface area contributed by atoms with Gasteiger partial charge in [0.1, 0.15) is 0 Å². The van der Waals surface area contributed by atoms with Crippen molar-refractivity contribution in [1.82, 2.24) is 15.1 Å². The Kier molecular flexibility index (Phi) is 7.82. The molecule has 0 bridgehead atoms. The zero-order valence-corrected chi connectivity index (χ0v) is 14.5. The maximum atomic E-state index is 11.9. The van der Waals surface area contributed by atoms with Gasteiger partial charge in [0.15, 0.2) is 0 Å². The molecule has 1 N–H and O–H groups in total. The largest absolute Gasteiger partial charge is 0.385 e. The average molecular weight is 340 g/mol. The molecule has 6 heteroatoms. The monoisotopic (exact) mass is 339 g/mol. The quantitative estimate of drug-likeness (QED) is 0.731. The molecule has 0 spiro atoms. The zero-order valence-electron chi connectivity index (χ0n) is 13.8. The lowest BCUT2D eigenvalue weighted by molar-refractivity contribution is -0.122. The molecule has 0 aliphatic carbocycles. The highest BCUT2D eigenvalue weighted by atomic mass is 35.5. The van der Waals surface area contributed by atoms with Crippen molar-refractivity contribution < 1.29 is 9.53 Å². The predicted octanol–water partition coefficient (Wildman–Crippen LogP) is 1.61. The van der Waals surface area contributed by atoms with Crippen LogP contribution in [0.1, 0.15) is 12.0 Å². The topological polar surface area (TPSA) is 44.8 Å². The van der Waals surface area contributed by atoms with Gasteiger partial charge in [0, 0.05) is 58.0 Å². The number of methoxy groups -OCH3 is 1. The lowest BCUT2D eigenvalue weighted by Crippen LogP contribution is -2.49. The fourth-order valence-corrected chi connectivity index (χ4v) is 2.92. The van der Waals surface area contributed by atoms with E-state index in [9.17, 15) is 4.79 Å². The van der Waals surface area contributed by atoms with Crippen LogP contribution in [0.3, 0.4) is 0 Å². The zero-order chi connectivity index (χ0) is 16.5. The van der Waals surface area contributed by atoms with Crippen LogP contribution in [0.15, 0.2) is 24.3 Å². The van der Waals surface area contributed by atoms with E-state index in [-0.39, 0.29) is 5.91 Å². The number of carbonyl (C=O) groups excluding carboxylic acids is 1. The van der Waals surface area contributed by atoms with Crippen LogP contribution in [0.2, 0.25) is 5.02 Å². The van der Waals surface area contributed by atoms with E-state index in [1.165, 1.54) is 5.56 Å². The van der Waals surface area contributed by atoms with Crippen LogP contribution in [0.4, 0.5) is 0 Å². The SMILES string of the molecule is COCCCNC(=O)CN1CCN(Cc2cccc(Cl)c2)CC1. The Morgan fingerprint density at radius 2 is 2.00 bits per heavy atom. The van der Waals surface area contributed by atoms with E-state index < -0.39 is 0 Å². The Balaban J connectivity index is 1.64. The molecule has 1 aromatic carbocycles. The van der Waals surface area contributed by atoms with Gasteiger partial charge in [0.05, 0.1) is 6.54 Å². The summed E-state index contributed by atoms with van der Waals surface area (Å²) in [6.45, 7) is 6.56. The summed E-state index contributed by atoms with van der Waals surface area (Å²) in [5.41, 5.74) is 1.24. The minimum absolute atomic E-state index is 0.101. The minimum atomic E-state index is 0.101. The Morgan fingerprint density at radius 1 is 1.26 bits per heavy atom. The minimum Gasteiger partial charge on any atom is -0.385 e. The van der Waals surface area contributed by atoms with Crippen molar-refractivity contribution in [3.05, 3.63) is 34.9 Å². The summed E-state index contributed by atoms with van der Waals surface area (Å²) in [5.74, 6) is 0.101. The first kappa shape index (κ1) is 18.2. The van der Waals surface area contributed by atoms with E-state index in [1.807, 2.05) is 18.2 Å². The van der Waals surface area contributed by atoms with Crippen molar-refractivity contribution in [2.45, 2.75) is 13.0 Å². The Hall–Kier alpha value is -1.14. The molecule has 23 heavy (non-hydrogen) atoms. The highest BCUT2D eigenvalue weighted by molar-refractivity contribution is 6.30. The van der Waals surface area contributed by atoms with Crippen LogP contribution in [-0.4, -0.2) is 68.7 Å². The van der Waals surface area contributed by atoms with Crippen LogP contribution in [0, 0.1) is 0 Å². The van der Waals surface area contributed by atoms with Crippen molar-refractivity contribution in [3.8, 4) is 0 Å². The van der Waals surface area contributed by atoms with Gasteiger partial charge >= 0.3 is 0 Å². The number of nitrogens with one attached hydrogen (secondary N) is 1. The van der Waals surface area contributed by atoms with Crippen molar-refractivity contribution in [1.29, 1.82) is 0 Å². The standard InChI is InChI=1S/C17H26ClN3O2/c1-23-11-3-6-19-17(22)14-21-9-7-20(8-10-21)13-15-4-2-5-16(18)12-15/h2,4-5,12H,3,6-11,13-14H2,1H3,(H,19,22). The van der Waals surface area contributed by atoms with E-state index in [4.69, 9.17) is 16.3 Å². The molecule has 0 atom stereocenters. The predicted molar refractivity (Wildman–Crippen MR) is 92.7 cm³/mol. The van der Waals surface area contributed by atoms with Crippen molar-refractivity contribution in [3.63, 3.8) is 0 Å². The Bertz CT molecular complexity index is 490. The van der Waals surface area contributed by atoms with Gasteiger partial charge in [-0.25, -0.2) is 0 Å². The van der Waals surface area contributed by atoms with Gasteiger partial charge in [-0.15, -0.1) is 0 Å². The highest BCUT2D eigenvalue weighted by Crippen LogP contribution is 2.13. The molecule has 1 saturated heterocycles. The molecule has 0 aromatic heterocycles. The number of halogens is 1. The summed E-state index contributed by atoms with van der Waals surface area (Å²) < 4.78 is 4.97. The first-order valence-electron chi connectivity index (χ1n) is 8.12. The van der Waals surface area contributed by atoms with Gasteiger partial charge in [-0.05, 0) is 24.1 Å². The van der Waals surface area contributed by atoms with Crippen LogP contribution < -0.4 is 5.32 Å². The normalized spacial score (nSPS) is 16.4.